The summed E-state index contributed by atoms with van der Waals surface area (Å²) in [6.07, 6.45) is 9.41. The van der Waals surface area contributed by atoms with Gasteiger partial charge in [0.15, 0.2) is 5.69 Å². The predicted octanol–water partition coefficient (Wildman–Crippen LogP) is 2.60. The van der Waals surface area contributed by atoms with E-state index in [4.69, 9.17) is 0 Å². The molecule has 0 saturated carbocycles. The highest BCUT2D eigenvalue weighted by molar-refractivity contribution is 5.97. The molecule has 1 saturated heterocycles. The number of carbonyl (C=O) groups is 1. The standard InChI is InChI=1S/C21H19N5O/c27-20(26-12-5-13-26)19-15-8-9-21(14-16(15)24-25-19,17-6-1-3-10-22-17)18-7-2-4-11-23-18/h1-4,6-11H,5,12-14H2,(H,24,25). The number of hydrogen-bond donors (Lipinski definition) is 1. The SMILES string of the molecule is O=C(c1n[nH]c2c1C=CC(c1ccccn1)(c1ccccn1)C2)N1CCC1. The zero-order valence-electron chi connectivity index (χ0n) is 14.8. The monoisotopic (exact) mass is 357 g/mol. The van der Waals surface area contributed by atoms with E-state index in [0.29, 0.717) is 12.1 Å². The number of allylic oxidation sites excluding steroid dienone is 1. The Morgan fingerprint density at radius 3 is 2.30 bits per heavy atom. The van der Waals surface area contributed by atoms with Crippen LogP contribution in [0.25, 0.3) is 6.08 Å². The molecule has 4 heterocycles. The molecule has 27 heavy (non-hydrogen) atoms. The second kappa shape index (κ2) is 6.16. The van der Waals surface area contributed by atoms with E-state index in [1.165, 1.54) is 0 Å². The first-order chi connectivity index (χ1) is 13.3. The summed E-state index contributed by atoms with van der Waals surface area (Å²) in [6, 6.07) is 11.8. The van der Waals surface area contributed by atoms with Gasteiger partial charge in [-0.25, -0.2) is 0 Å². The summed E-state index contributed by atoms with van der Waals surface area (Å²) in [6.45, 7) is 1.63. The molecule has 1 aliphatic carbocycles. The van der Waals surface area contributed by atoms with Gasteiger partial charge in [0.05, 0.1) is 16.8 Å². The highest BCUT2D eigenvalue weighted by atomic mass is 16.2. The molecule has 5 rings (SSSR count). The summed E-state index contributed by atoms with van der Waals surface area (Å²) < 4.78 is 0. The zero-order chi connectivity index (χ0) is 18.3. The maximum atomic E-state index is 12.6. The summed E-state index contributed by atoms with van der Waals surface area (Å²) in [5.41, 5.74) is 3.70. The first-order valence-electron chi connectivity index (χ1n) is 9.17. The number of fused-ring (bicyclic) bond motifs is 1. The lowest BCUT2D eigenvalue weighted by Gasteiger charge is -2.33. The van der Waals surface area contributed by atoms with E-state index in [0.717, 1.165) is 42.2 Å². The molecule has 1 amide bonds. The first kappa shape index (κ1) is 15.9. The Balaban J connectivity index is 1.60. The van der Waals surface area contributed by atoms with Crippen molar-refractivity contribution in [2.24, 2.45) is 0 Å². The molecule has 3 aromatic rings. The fourth-order valence-electron chi connectivity index (χ4n) is 3.83. The van der Waals surface area contributed by atoms with E-state index in [2.05, 4.69) is 26.2 Å². The molecule has 0 radical (unpaired) electrons. The van der Waals surface area contributed by atoms with Crippen LogP contribution in [0.2, 0.25) is 0 Å². The third-order valence-electron chi connectivity index (χ3n) is 5.46. The van der Waals surface area contributed by atoms with Gasteiger partial charge in [0.2, 0.25) is 0 Å². The Hall–Kier alpha value is -3.28. The van der Waals surface area contributed by atoms with Crippen LogP contribution in [-0.4, -0.2) is 44.1 Å². The minimum Gasteiger partial charge on any atom is -0.337 e. The van der Waals surface area contributed by atoms with Crippen molar-refractivity contribution >= 4 is 12.0 Å². The van der Waals surface area contributed by atoms with Crippen molar-refractivity contribution in [2.75, 3.05) is 13.1 Å². The third-order valence-corrected chi connectivity index (χ3v) is 5.46. The van der Waals surface area contributed by atoms with Crippen molar-refractivity contribution in [1.82, 2.24) is 25.1 Å². The van der Waals surface area contributed by atoms with Gasteiger partial charge in [-0.1, -0.05) is 24.3 Å². The Bertz CT molecular complexity index is 966. The van der Waals surface area contributed by atoms with Crippen LogP contribution >= 0.6 is 0 Å². The number of nitrogens with one attached hydrogen (secondary N) is 1. The lowest BCUT2D eigenvalue weighted by atomic mass is 9.72. The molecule has 1 N–H and O–H groups in total. The van der Waals surface area contributed by atoms with Gasteiger partial charge in [-0.3, -0.25) is 19.9 Å². The van der Waals surface area contributed by atoms with Crippen molar-refractivity contribution in [3.63, 3.8) is 0 Å². The van der Waals surface area contributed by atoms with Gasteiger partial charge >= 0.3 is 0 Å². The van der Waals surface area contributed by atoms with Gasteiger partial charge in [-0.15, -0.1) is 0 Å². The van der Waals surface area contributed by atoms with Gasteiger partial charge in [0.25, 0.3) is 5.91 Å². The number of aromatic nitrogens is 4. The highest BCUT2D eigenvalue weighted by Gasteiger charge is 2.39. The summed E-state index contributed by atoms with van der Waals surface area (Å²) in [5.74, 6) is 0.00609. The van der Waals surface area contributed by atoms with Crippen LogP contribution in [-0.2, 0) is 11.8 Å². The molecule has 134 valence electrons. The number of nitrogens with zero attached hydrogens (tertiary/aromatic N) is 4. The van der Waals surface area contributed by atoms with E-state index in [1.54, 1.807) is 12.4 Å². The second-order valence-electron chi connectivity index (χ2n) is 7.02. The lowest BCUT2D eigenvalue weighted by Crippen LogP contribution is -2.42. The molecule has 2 aliphatic rings. The summed E-state index contributed by atoms with van der Waals surface area (Å²) in [5, 5.41) is 7.45. The van der Waals surface area contributed by atoms with E-state index in [9.17, 15) is 4.79 Å². The number of pyridine rings is 2. The Morgan fingerprint density at radius 1 is 1.04 bits per heavy atom. The lowest BCUT2D eigenvalue weighted by molar-refractivity contribution is 0.0645. The van der Waals surface area contributed by atoms with Gasteiger partial charge in [-0.05, 0) is 30.7 Å². The predicted molar refractivity (Wildman–Crippen MR) is 101 cm³/mol. The number of aromatic amines is 1. The molecule has 0 atom stereocenters. The van der Waals surface area contributed by atoms with Gasteiger partial charge < -0.3 is 4.90 Å². The van der Waals surface area contributed by atoms with Crippen molar-refractivity contribution in [2.45, 2.75) is 18.3 Å². The Morgan fingerprint density at radius 2 is 1.74 bits per heavy atom. The minimum absolute atomic E-state index is 0.00609. The normalized spacial score (nSPS) is 17.3. The van der Waals surface area contributed by atoms with Crippen LogP contribution in [0.4, 0.5) is 0 Å². The summed E-state index contributed by atoms with van der Waals surface area (Å²) >= 11 is 0. The number of rotatable bonds is 3. The maximum absolute atomic E-state index is 12.6. The van der Waals surface area contributed by atoms with Crippen molar-refractivity contribution < 1.29 is 4.79 Å². The van der Waals surface area contributed by atoms with Crippen LogP contribution < -0.4 is 0 Å². The smallest absolute Gasteiger partial charge is 0.274 e. The number of likely N-dealkylation sites (tertiary alicyclic amines) is 1. The zero-order valence-corrected chi connectivity index (χ0v) is 14.8. The van der Waals surface area contributed by atoms with Crippen molar-refractivity contribution in [3.8, 4) is 0 Å². The molecule has 6 nitrogen and oxygen atoms in total. The fraction of sp³-hybridized carbons (Fsp3) is 0.238. The highest BCUT2D eigenvalue weighted by Crippen LogP contribution is 2.40. The Labute approximate surface area is 157 Å². The summed E-state index contributed by atoms with van der Waals surface area (Å²) in [7, 11) is 0. The quantitative estimate of drug-likeness (QED) is 0.782. The fourth-order valence-corrected chi connectivity index (χ4v) is 3.83. The molecule has 1 aliphatic heterocycles. The second-order valence-corrected chi connectivity index (χ2v) is 7.02. The van der Waals surface area contributed by atoms with Crippen LogP contribution in [0.3, 0.4) is 0 Å². The number of amides is 1. The maximum Gasteiger partial charge on any atom is 0.274 e. The first-order valence-corrected chi connectivity index (χ1v) is 9.17. The van der Waals surface area contributed by atoms with E-state index in [1.807, 2.05) is 47.4 Å². The van der Waals surface area contributed by atoms with Gasteiger partial charge in [0, 0.05) is 43.2 Å². The molecule has 0 spiro atoms. The van der Waals surface area contributed by atoms with E-state index in [-0.39, 0.29) is 5.91 Å². The largest absolute Gasteiger partial charge is 0.337 e. The Kier molecular flexibility index (Phi) is 3.63. The topological polar surface area (TPSA) is 74.8 Å². The third kappa shape index (κ3) is 2.48. The van der Waals surface area contributed by atoms with Crippen LogP contribution in [0, 0.1) is 0 Å². The average Bonchev–Trinajstić information content (AvgIpc) is 3.11. The van der Waals surface area contributed by atoms with Gasteiger partial charge in [0.1, 0.15) is 0 Å². The van der Waals surface area contributed by atoms with Crippen LogP contribution in [0.5, 0.6) is 0 Å². The molecule has 0 bridgehead atoms. The molecule has 0 aromatic carbocycles. The number of carbonyl (C=O) groups excluding carboxylic acids is 1. The minimum atomic E-state index is -0.487. The van der Waals surface area contributed by atoms with E-state index >= 15 is 0 Å². The summed E-state index contributed by atoms with van der Waals surface area (Å²) in [4.78, 5) is 23.7. The van der Waals surface area contributed by atoms with Crippen molar-refractivity contribution in [1.29, 1.82) is 0 Å². The molecule has 3 aromatic heterocycles. The van der Waals surface area contributed by atoms with Gasteiger partial charge in [-0.2, -0.15) is 5.10 Å². The molecular formula is C21H19N5O. The molecule has 0 unspecified atom stereocenters. The average molecular weight is 357 g/mol. The molecule has 1 fully saturated rings. The molecular weight excluding hydrogens is 338 g/mol. The van der Waals surface area contributed by atoms with Crippen LogP contribution in [0.1, 0.15) is 39.6 Å². The number of H-pyrrole nitrogens is 1. The van der Waals surface area contributed by atoms with Crippen molar-refractivity contribution in [3.05, 3.63) is 83.2 Å². The molecule has 6 heteroatoms. The van der Waals surface area contributed by atoms with Crippen LogP contribution in [0.15, 0.2) is 54.9 Å². The number of hydrogen-bond acceptors (Lipinski definition) is 4. The van der Waals surface area contributed by atoms with E-state index < -0.39 is 5.41 Å².